The van der Waals surface area contributed by atoms with Crippen LogP contribution in [0.4, 0.5) is 0 Å². The van der Waals surface area contributed by atoms with Crippen molar-refractivity contribution in [3.05, 3.63) is 11.4 Å². The molecule has 5 heteroatoms. The molecule has 0 fully saturated rings. The van der Waals surface area contributed by atoms with Gasteiger partial charge in [-0.3, -0.25) is 0 Å². The van der Waals surface area contributed by atoms with Crippen LogP contribution in [0.15, 0.2) is 0 Å². The van der Waals surface area contributed by atoms with Gasteiger partial charge >= 0.3 is 0 Å². The van der Waals surface area contributed by atoms with Crippen LogP contribution in [0.5, 0.6) is 0 Å². The van der Waals surface area contributed by atoms with Crippen molar-refractivity contribution in [2.24, 2.45) is 5.73 Å². The fourth-order valence-corrected chi connectivity index (χ4v) is 1.43. The summed E-state index contributed by atoms with van der Waals surface area (Å²) in [6.07, 6.45) is 1.53. The summed E-state index contributed by atoms with van der Waals surface area (Å²) in [5, 5.41) is 17.2. The summed E-state index contributed by atoms with van der Waals surface area (Å²) >= 11 is 0. The van der Waals surface area contributed by atoms with E-state index in [1.165, 1.54) is 0 Å². The molecule has 0 aliphatic heterocycles. The molecule has 5 nitrogen and oxygen atoms in total. The van der Waals surface area contributed by atoms with Crippen LogP contribution in [0.25, 0.3) is 0 Å². The molecule has 3 N–H and O–H groups in total. The average molecular weight is 198 g/mol. The molecule has 1 aromatic heterocycles. The maximum atomic E-state index is 9.26. The van der Waals surface area contributed by atoms with E-state index in [4.69, 9.17) is 5.73 Å². The van der Waals surface area contributed by atoms with Gasteiger partial charge in [-0.25, -0.2) is 4.68 Å². The highest BCUT2D eigenvalue weighted by molar-refractivity contribution is 5.10. The van der Waals surface area contributed by atoms with Gasteiger partial charge in [0.1, 0.15) is 0 Å². The lowest BCUT2D eigenvalue weighted by Crippen LogP contribution is -2.16. The summed E-state index contributed by atoms with van der Waals surface area (Å²) < 4.78 is 1.75. The quantitative estimate of drug-likeness (QED) is 0.702. The second-order valence-electron chi connectivity index (χ2n) is 3.47. The Hall–Kier alpha value is -0.940. The lowest BCUT2D eigenvalue weighted by Gasteiger charge is -2.08. The van der Waals surface area contributed by atoms with E-state index >= 15 is 0 Å². The van der Waals surface area contributed by atoms with Crippen LogP contribution in [0.2, 0.25) is 0 Å². The zero-order valence-corrected chi connectivity index (χ0v) is 8.77. The van der Waals surface area contributed by atoms with Crippen molar-refractivity contribution < 1.29 is 5.11 Å². The maximum Gasteiger partial charge on any atom is 0.0994 e. The molecule has 0 aliphatic rings. The predicted octanol–water partition coefficient (Wildman–Crippen LogP) is 0.0701. The lowest BCUT2D eigenvalue weighted by molar-refractivity contribution is 0.166. The Kier molecular flexibility index (Phi) is 4.03. The molecule has 0 aliphatic carbocycles. The molecule has 0 saturated carbocycles. The van der Waals surface area contributed by atoms with Gasteiger partial charge in [-0.15, -0.1) is 5.10 Å². The highest BCUT2D eigenvalue weighted by Crippen LogP contribution is 2.08. The van der Waals surface area contributed by atoms with Crippen molar-refractivity contribution in [1.82, 2.24) is 15.0 Å². The van der Waals surface area contributed by atoms with Gasteiger partial charge in [0.15, 0.2) is 0 Å². The number of aliphatic hydroxyl groups excluding tert-OH is 1. The third-order valence-corrected chi connectivity index (χ3v) is 2.04. The summed E-state index contributed by atoms with van der Waals surface area (Å²) in [6, 6.07) is 0. The van der Waals surface area contributed by atoms with Crippen LogP contribution in [0.3, 0.4) is 0 Å². The fourth-order valence-electron chi connectivity index (χ4n) is 1.43. The molecule has 1 atom stereocenters. The van der Waals surface area contributed by atoms with Crippen LogP contribution in [0, 0.1) is 0 Å². The summed E-state index contributed by atoms with van der Waals surface area (Å²) in [5.41, 5.74) is 7.44. The van der Waals surface area contributed by atoms with Gasteiger partial charge in [0.05, 0.1) is 24.0 Å². The van der Waals surface area contributed by atoms with E-state index in [-0.39, 0.29) is 0 Å². The molecular weight excluding hydrogens is 180 g/mol. The van der Waals surface area contributed by atoms with Crippen LogP contribution >= 0.6 is 0 Å². The minimum absolute atomic E-state index is 0.405. The van der Waals surface area contributed by atoms with Crippen molar-refractivity contribution >= 4 is 0 Å². The predicted molar refractivity (Wildman–Crippen MR) is 53.6 cm³/mol. The van der Waals surface area contributed by atoms with Gasteiger partial charge in [0.2, 0.25) is 0 Å². The van der Waals surface area contributed by atoms with Crippen LogP contribution in [-0.4, -0.2) is 26.2 Å². The third-order valence-electron chi connectivity index (χ3n) is 2.04. The van der Waals surface area contributed by atoms with E-state index in [0.29, 0.717) is 13.1 Å². The molecule has 1 heterocycles. The number of nitrogens with two attached hydrogens (primary N) is 1. The molecule has 1 aromatic rings. The smallest absolute Gasteiger partial charge is 0.0994 e. The second kappa shape index (κ2) is 5.07. The zero-order chi connectivity index (χ0) is 10.6. The fraction of sp³-hybridized carbons (Fsp3) is 0.778. The van der Waals surface area contributed by atoms with Gasteiger partial charge in [-0.2, -0.15) is 0 Å². The molecule has 0 saturated heterocycles. The summed E-state index contributed by atoms with van der Waals surface area (Å²) in [7, 11) is 0. The highest BCUT2D eigenvalue weighted by atomic mass is 16.3. The molecule has 0 radical (unpaired) electrons. The zero-order valence-electron chi connectivity index (χ0n) is 8.77. The standard InChI is InChI=1S/C9H18N4O/c1-3-4-9-8(5-10)11-12-13(9)6-7(2)14/h7,14H,3-6,10H2,1-2H3. The van der Waals surface area contributed by atoms with Gasteiger partial charge in [0.25, 0.3) is 0 Å². The first-order chi connectivity index (χ1) is 6.69. The molecule has 1 unspecified atom stereocenters. The first-order valence-electron chi connectivity index (χ1n) is 4.98. The van der Waals surface area contributed by atoms with E-state index in [1.807, 2.05) is 0 Å². The highest BCUT2D eigenvalue weighted by Gasteiger charge is 2.11. The normalized spacial score (nSPS) is 13.1. The summed E-state index contributed by atoms with van der Waals surface area (Å²) in [4.78, 5) is 0. The van der Waals surface area contributed by atoms with E-state index in [0.717, 1.165) is 24.2 Å². The Balaban J connectivity index is 2.86. The number of rotatable bonds is 5. The Labute approximate surface area is 83.9 Å². The van der Waals surface area contributed by atoms with Crippen LogP contribution < -0.4 is 5.73 Å². The molecule has 80 valence electrons. The van der Waals surface area contributed by atoms with E-state index in [1.54, 1.807) is 11.6 Å². The Morgan fingerprint density at radius 1 is 1.57 bits per heavy atom. The number of hydrogen-bond donors (Lipinski definition) is 2. The van der Waals surface area contributed by atoms with Crippen LogP contribution in [-0.2, 0) is 19.5 Å². The SMILES string of the molecule is CCCc1c(CN)nnn1CC(C)O. The lowest BCUT2D eigenvalue weighted by atomic mass is 10.2. The number of nitrogens with zero attached hydrogens (tertiary/aromatic N) is 3. The average Bonchev–Trinajstić information content (AvgIpc) is 2.48. The molecule has 0 bridgehead atoms. The molecule has 0 aromatic carbocycles. The Morgan fingerprint density at radius 2 is 2.29 bits per heavy atom. The minimum atomic E-state index is -0.405. The van der Waals surface area contributed by atoms with Crippen molar-refractivity contribution in [3.8, 4) is 0 Å². The van der Waals surface area contributed by atoms with E-state index < -0.39 is 6.10 Å². The second-order valence-corrected chi connectivity index (χ2v) is 3.47. The Morgan fingerprint density at radius 3 is 2.79 bits per heavy atom. The molecule has 14 heavy (non-hydrogen) atoms. The van der Waals surface area contributed by atoms with Gasteiger partial charge in [0, 0.05) is 6.54 Å². The van der Waals surface area contributed by atoms with Crippen LogP contribution in [0.1, 0.15) is 31.7 Å². The topological polar surface area (TPSA) is 77.0 Å². The first-order valence-corrected chi connectivity index (χ1v) is 4.98. The Bertz CT molecular complexity index is 282. The minimum Gasteiger partial charge on any atom is -0.391 e. The molecule has 0 amide bonds. The van der Waals surface area contributed by atoms with Crippen molar-refractivity contribution in [3.63, 3.8) is 0 Å². The summed E-state index contributed by atoms with van der Waals surface area (Å²) in [6.45, 7) is 4.73. The van der Waals surface area contributed by atoms with Gasteiger partial charge in [-0.05, 0) is 13.3 Å². The third kappa shape index (κ3) is 2.52. The van der Waals surface area contributed by atoms with E-state index in [2.05, 4.69) is 17.2 Å². The monoisotopic (exact) mass is 198 g/mol. The van der Waals surface area contributed by atoms with Crippen molar-refractivity contribution in [2.75, 3.05) is 0 Å². The number of aliphatic hydroxyl groups is 1. The van der Waals surface area contributed by atoms with E-state index in [9.17, 15) is 5.11 Å². The first kappa shape index (κ1) is 11.1. The van der Waals surface area contributed by atoms with Gasteiger partial charge in [-0.1, -0.05) is 18.6 Å². The number of aromatic nitrogens is 3. The summed E-state index contributed by atoms with van der Waals surface area (Å²) in [5.74, 6) is 0. The van der Waals surface area contributed by atoms with Crippen molar-refractivity contribution in [1.29, 1.82) is 0 Å². The number of hydrogen-bond acceptors (Lipinski definition) is 4. The van der Waals surface area contributed by atoms with Crippen molar-refractivity contribution in [2.45, 2.75) is 45.9 Å². The molecular formula is C9H18N4O. The maximum absolute atomic E-state index is 9.26. The molecule has 1 rings (SSSR count). The largest absolute Gasteiger partial charge is 0.391 e. The molecule has 0 spiro atoms. The van der Waals surface area contributed by atoms with Gasteiger partial charge < -0.3 is 10.8 Å².